The molecule has 4 nitrogen and oxygen atoms in total. The van der Waals surface area contributed by atoms with Gasteiger partial charge in [0.2, 0.25) is 0 Å². The van der Waals surface area contributed by atoms with Crippen LogP contribution in [0.5, 0.6) is 5.75 Å². The Morgan fingerprint density at radius 2 is 1.21 bits per heavy atom. The quantitative estimate of drug-likeness (QED) is 0.162. The zero-order chi connectivity index (χ0) is 41.6. The van der Waals surface area contributed by atoms with Crippen molar-refractivity contribution in [2.24, 2.45) is 0 Å². The van der Waals surface area contributed by atoms with Crippen molar-refractivity contribution >= 4 is 11.0 Å². The van der Waals surface area contributed by atoms with E-state index in [-0.39, 0.29) is 37.8 Å². The van der Waals surface area contributed by atoms with Crippen molar-refractivity contribution in [3.63, 3.8) is 0 Å². The van der Waals surface area contributed by atoms with Gasteiger partial charge in [-0.1, -0.05) is 153 Å². The van der Waals surface area contributed by atoms with E-state index in [0.717, 1.165) is 67.0 Å². The zero-order valence-electron chi connectivity index (χ0n) is 35.3. The van der Waals surface area contributed by atoms with Crippen LogP contribution in [0.3, 0.4) is 0 Å². The number of pyridine rings is 1. The number of hydrogen-bond donors (Lipinski definition) is 1. The molecule has 58 heavy (non-hydrogen) atoms. The Labute approximate surface area is 359 Å². The number of aromatic hydroxyl groups is 1. The number of para-hydroxylation sites is 2. The Balaban J connectivity index is 0.00000514. The first kappa shape index (κ1) is 34.9. The van der Waals surface area contributed by atoms with Crippen LogP contribution in [-0.2, 0) is 26.5 Å². The molecule has 0 aliphatic carbocycles. The molecule has 0 unspecified atom stereocenters. The fourth-order valence-corrected chi connectivity index (χ4v) is 7.56. The molecule has 0 fully saturated rings. The van der Waals surface area contributed by atoms with Crippen LogP contribution in [0.1, 0.15) is 36.0 Å². The number of imidazole rings is 1. The van der Waals surface area contributed by atoms with Gasteiger partial charge in [0.1, 0.15) is 11.6 Å². The van der Waals surface area contributed by atoms with E-state index in [1.165, 1.54) is 0 Å². The average Bonchev–Trinajstić information content (AvgIpc) is 3.66. The number of rotatable bonds is 7. The Morgan fingerprint density at radius 1 is 0.586 bits per heavy atom. The maximum Gasteiger partial charge on any atom is 0.148 e. The molecule has 0 radical (unpaired) electrons. The number of phenolic OH excluding ortho intramolecular Hbond substituents is 1. The second kappa shape index (κ2) is 15.9. The molecule has 9 aromatic rings. The van der Waals surface area contributed by atoms with Crippen molar-refractivity contribution in [3.8, 4) is 78.6 Å². The number of phenols is 1. The summed E-state index contributed by atoms with van der Waals surface area (Å²) in [5.74, 6) is 0.588. The number of nitrogens with zero attached hydrogens (tertiary/aromatic N) is 3. The van der Waals surface area contributed by atoms with Crippen LogP contribution in [0.4, 0.5) is 0 Å². The molecule has 0 aliphatic rings. The third kappa shape index (κ3) is 7.33. The SMILES string of the molecule is [2H]C([2H])([2H])c1cc(-c2ccccc2)c(-n2c(-c3ccccc3O)nc3c(-c4[c-]c(-c5cc(-c6ccccc6)ccn5)cc(C(C)(C)C)c4)cccc32)cc1-c1ccccc1.[Pt]. The van der Waals surface area contributed by atoms with E-state index in [4.69, 9.17) is 14.1 Å². The minimum absolute atomic E-state index is 0. The average molecular weight is 935 g/mol. The smallest absolute Gasteiger partial charge is 0.148 e. The van der Waals surface area contributed by atoms with Crippen molar-refractivity contribution < 1.29 is 30.3 Å². The summed E-state index contributed by atoms with van der Waals surface area (Å²) in [6.07, 6.45) is 1.85. The van der Waals surface area contributed by atoms with Gasteiger partial charge in [-0.15, -0.1) is 29.3 Å². The zero-order valence-corrected chi connectivity index (χ0v) is 34.6. The van der Waals surface area contributed by atoms with Gasteiger partial charge in [-0.2, -0.15) is 0 Å². The topological polar surface area (TPSA) is 50.9 Å². The van der Waals surface area contributed by atoms with E-state index in [0.29, 0.717) is 22.5 Å². The Hall–Kier alpha value is -6.35. The maximum absolute atomic E-state index is 11.5. The second-order valence-electron chi connectivity index (χ2n) is 15.4. The van der Waals surface area contributed by atoms with Gasteiger partial charge < -0.3 is 5.11 Å². The third-order valence-corrected chi connectivity index (χ3v) is 10.5. The van der Waals surface area contributed by atoms with Crippen molar-refractivity contribution in [1.29, 1.82) is 0 Å². The summed E-state index contributed by atoms with van der Waals surface area (Å²) in [5, 5.41) is 11.5. The summed E-state index contributed by atoms with van der Waals surface area (Å²) in [7, 11) is 0. The van der Waals surface area contributed by atoms with Crippen LogP contribution >= 0.6 is 0 Å². The van der Waals surface area contributed by atoms with Gasteiger partial charge in [0.25, 0.3) is 0 Å². The van der Waals surface area contributed by atoms with E-state index in [9.17, 15) is 5.11 Å². The molecule has 1 N–H and O–H groups in total. The van der Waals surface area contributed by atoms with Crippen LogP contribution in [-0.4, -0.2) is 19.6 Å². The number of aryl methyl sites for hydroxylation is 1. The summed E-state index contributed by atoms with van der Waals surface area (Å²) in [6, 6.07) is 59.1. The number of fused-ring (bicyclic) bond motifs is 1. The molecule has 9 rings (SSSR count). The van der Waals surface area contributed by atoms with Crippen LogP contribution in [0, 0.1) is 12.9 Å². The molecule has 2 aromatic heterocycles. The molecule has 0 saturated carbocycles. The molecule has 0 saturated heterocycles. The molecule has 2 heterocycles. The summed E-state index contributed by atoms with van der Waals surface area (Å²) >= 11 is 0. The van der Waals surface area contributed by atoms with Crippen molar-refractivity contribution in [1.82, 2.24) is 14.5 Å². The van der Waals surface area contributed by atoms with Gasteiger partial charge in [-0.3, -0.25) is 9.55 Å². The first-order chi connectivity index (χ1) is 28.9. The Morgan fingerprint density at radius 3 is 1.88 bits per heavy atom. The van der Waals surface area contributed by atoms with E-state index in [2.05, 4.69) is 67.8 Å². The third-order valence-electron chi connectivity index (χ3n) is 10.5. The van der Waals surface area contributed by atoms with Gasteiger partial charge in [0.05, 0.1) is 22.3 Å². The Kier molecular flexibility index (Phi) is 9.55. The molecular weight excluding hydrogens is 890 g/mol. The number of aromatic nitrogens is 3. The molecular formula is C53H42N3OPt-. The van der Waals surface area contributed by atoms with Gasteiger partial charge in [-0.25, -0.2) is 4.98 Å². The van der Waals surface area contributed by atoms with E-state index >= 15 is 0 Å². The van der Waals surface area contributed by atoms with Crippen molar-refractivity contribution in [2.75, 3.05) is 0 Å². The number of hydrogen-bond acceptors (Lipinski definition) is 3. The fourth-order valence-electron chi connectivity index (χ4n) is 7.56. The summed E-state index contributed by atoms with van der Waals surface area (Å²) < 4.78 is 28.1. The van der Waals surface area contributed by atoms with Crippen molar-refractivity contribution in [3.05, 3.63) is 193 Å². The predicted molar refractivity (Wildman–Crippen MR) is 235 cm³/mol. The molecule has 0 aliphatic heterocycles. The van der Waals surface area contributed by atoms with Crippen molar-refractivity contribution in [2.45, 2.75) is 33.0 Å². The second-order valence-corrected chi connectivity index (χ2v) is 15.4. The molecule has 0 bridgehead atoms. The monoisotopic (exact) mass is 934 g/mol. The minimum atomic E-state index is -2.40. The molecule has 286 valence electrons. The molecule has 5 heteroatoms. The summed E-state index contributed by atoms with van der Waals surface area (Å²) in [5.41, 5.74) is 12.4. The summed E-state index contributed by atoms with van der Waals surface area (Å²) in [4.78, 5) is 10.2. The van der Waals surface area contributed by atoms with Crippen LogP contribution in [0.25, 0.3) is 83.9 Å². The predicted octanol–water partition coefficient (Wildman–Crippen LogP) is 13.5. The first-order valence-corrected chi connectivity index (χ1v) is 19.1. The largest absolute Gasteiger partial charge is 0.507 e. The van der Waals surface area contributed by atoms with Crippen LogP contribution < -0.4 is 0 Å². The molecule has 0 amide bonds. The number of benzene rings is 7. The normalized spacial score (nSPS) is 12.4. The van der Waals surface area contributed by atoms with E-state index in [1.54, 1.807) is 18.2 Å². The van der Waals surface area contributed by atoms with E-state index in [1.807, 2.05) is 121 Å². The minimum Gasteiger partial charge on any atom is -0.507 e. The van der Waals surface area contributed by atoms with Gasteiger partial charge in [-0.05, 0) is 82.0 Å². The first-order valence-electron chi connectivity index (χ1n) is 20.6. The molecule has 7 aromatic carbocycles. The fraction of sp³-hybridized carbons (Fsp3) is 0.0943. The van der Waals surface area contributed by atoms with Crippen LogP contribution in [0.2, 0.25) is 0 Å². The van der Waals surface area contributed by atoms with Gasteiger partial charge in [0.15, 0.2) is 0 Å². The Bertz CT molecular complexity index is 3010. The van der Waals surface area contributed by atoms with Gasteiger partial charge >= 0.3 is 0 Å². The van der Waals surface area contributed by atoms with E-state index < -0.39 is 6.85 Å². The summed E-state index contributed by atoms with van der Waals surface area (Å²) in [6.45, 7) is 4.20. The molecule has 0 atom stereocenters. The maximum atomic E-state index is 11.5. The van der Waals surface area contributed by atoms with Gasteiger partial charge in [0, 0.05) is 42.6 Å². The van der Waals surface area contributed by atoms with Crippen LogP contribution in [0.15, 0.2) is 176 Å². The molecule has 0 spiro atoms. The standard InChI is InChI=1S/C53H42N3O.Pt/c1-35-29-46(38-21-12-7-13-22-38)49(34-45(35)37-19-10-6-11-20-37)56-48-25-16-24-43(51(48)55-52(56)44-23-14-15-26-50(44)57)40-30-41(32-42(31-40)53(2,3)4)47-33-39(27-28-54-47)36-17-8-5-9-18-36;/h5-29,31-34,57H,1-4H3;/q-1;/i1D3;.